The molecule has 1 saturated carbocycles. The summed E-state index contributed by atoms with van der Waals surface area (Å²) in [6.45, 7) is 0. The van der Waals surface area contributed by atoms with Crippen LogP contribution in [0.2, 0.25) is 0 Å². The van der Waals surface area contributed by atoms with E-state index in [-0.39, 0.29) is 11.8 Å². The molecule has 1 fully saturated rings. The van der Waals surface area contributed by atoms with Crippen molar-refractivity contribution in [2.45, 2.75) is 18.9 Å². The summed E-state index contributed by atoms with van der Waals surface area (Å²) in [4.78, 5) is 24.0. The van der Waals surface area contributed by atoms with Crippen LogP contribution in [-0.4, -0.2) is 27.6 Å². The van der Waals surface area contributed by atoms with E-state index in [0.29, 0.717) is 4.88 Å². The van der Waals surface area contributed by atoms with Crippen LogP contribution in [0.5, 0.6) is 0 Å². The zero-order valence-electron chi connectivity index (χ0n) is 10.7. The van der Waals surface area contributed by atoms with Crippen LogP contribution in [0.25, 0.3) is 5.69 Å². The second kappa shape index (κ2) is 5.13. The molecule has 0 aliphatic heterocycles. The normalized spacial score (nSPS) is 15.8. The number of thiophene rings is 1. The van der Waals surface area contributed by atoms with Gasteiger partial charge >= 0.3 is 5.97 Å². The van der Waals surface area contributed by atoms with Gasteiger partial charge in [-0.2, -0.15) is 0 Å². The van der Waals surface area contributed by atoms with Crippen LogP contribution in [-0.2, 0) is 4.79 Å². The summed E-state index contributed by atoms with van der Waals surface area (Å²) in [5.41, 5.74) is 0.775. The van der Waals surface area contributed by atoms with E-state index in [1.165, 1.54) is 11.3 Å². The lowest BCUT2D eigenvalue weighted by atomic mass is 10.2. The highest BCUT2D eigenvalue weighted by Gasteiger charge is 2.37. The third kappa shape index (κ3) is 2.46. The molecule has 0 spiro atoms. The summed E-state index contributed by atoms with van der Waals surface area (Å²) in [5, 5.41) is 13.6. The summed E-state index contributed by atoms with van der Waals surface area (Å²) < 4.78 is 1.85. The van der Waals surface area contributed by atoms with Crippen molar-refractivity contribution in [3.8, 4) is 5.69 Å². The molecule has 0 aromatic carbocycles. The average molecular weight is 290 g/mol. The Morgan fingerprint density at radius 3 is 2.65 bits per heavy atom. The fraction of sp³-hybridized carbons (Fsp3) is 0.286. The molecule has 5 nitrogen and oxygen atoms in total. The molecule has 6 heteroatoms. The Morgan fingerprint density at radius 2 is 2.05 bits per heavy atom. The Labute approximate surface area is 119 Å². The lowest BCUT2D eigenvalue weighted by Crippen LogP contribution is -2.42. The summed E-state index contributed by atoms with van der Waals surface area (Å²) in [6.07, 6.45) is 5.45. The molecule has 20 heavy (non-hydrogen) atoms. The van der Waals surface area contributed by atoms with Gasteiger partial charge in [-0.1, -0.05) is 0 Å². The number of nitrogens with one attached hydrogen (secondary N) is 1. The van der Waals surface area contributed by atoms with Crippen molar-refractivity contribution in [2.24, 2.45) is 5.92 Å². The molecule has 2 heterocycles. The van der Waals surface area contributed by atoms with Crippen molar-refractivity contribution in [2.75, 3.05) is 0 Å². The van der Waals surface area contributed by atoms with E-state index < -0.39 is 12.0 Å². The summed E-state index contributed by atoms with van der Waals surface area (Å²) in [7, 11) is 0. The van der Waals surface area contributed by atoms with Crippen molar-refractivity contribution in [3.05, 3.63) is 40.8 Å². The van der Waals surface area contributed by atoms with Gasteiger partial charge in [0, 0.05) is 12.4 Å². The Morgan fingerprint density at radius 1 is 1.35 bits per heavy atom. The molecule has 3 rings (SSSR count). The zero-order chi connectivity index (χ0) is 14.1. The Bertz CT molecular complexity index is 629. The van der Waals surface area contributed by atoms with Gasteiger partial charge in [-0.15, -0.1) is 11.3 Å². The minimum Gasteiger partial charge on any atom is -0.480 e. The van der Waals surface area contributed by atoms with E-state index >= 15 is 0 Å². The minimum absolute atomic E-state index is 0.0754. The first-order valence-electron chi connectivity index (χ1n) is 6.41. The molecular formula is C14H14N2O3S. The first-order valence-corrected chi connectivity index (χ1v) is 7.29. The van der Waals surface area contributed by atoms with Gasteiger partial charge in [0.25, 0.3) is 5.91 Å². The number of hydrogen-bond acceptors (Lipinski definition) is 3. The van der Waals surface area contributed by atoms with Crippen molar-refractivity contribution in [3.63, 3.8) is 0 Å². The quantitative estimate of drug-likeness (QED) is 0.886. The third-order valence-electron chi connectivity index (χ3n) is 3.38. The molecule has 2 aromatic rings. The van der Waals surface area contributed by atoms with Crippen LogP contribution in [0, 0.1) is 5.92 Å². The molecule has 104 valence electrons. The molecule has 1 aliphatic carbocycles. The van der Waals surface area contributed by atoms with Gasteiger partial charge in [-0.05, 0) is 42.3 Å². The monoisotopic (exact) mass is 290 g/mol. The lowest BCUT2D eigenvalue weighted by Gasteiger charge is -2.13. The van der Waals surface area contributed by atoms with E-state index in [2.05, 4.69) is 5.32 Å². The minimum atomic E-state index is -0.958. The van der Waals surface area contributed by atoms with Crippen molar-refractivity contribution >= 4 is 23.2 Å². The Kier molecular flexibility index (Phi) is 3.31. The molecule has 1 atom stereocenters. The van der Waals surface area contributed by atoms with Crippen molar-refractivity contribution in [1.82, 2.24) is 9.88 Å². The third-order valence-corrected chi connectivity index (χ3v) is 4.28. The fourth-order valence-electron chi connectivity index (χ4n) is 2.19. The van der Waals surface area contributed by atoms with Crippen LogP contribution in [0.3, 0.4) is 0 Å². The number of aromatic nitrogens is 1. The highest BCUT2D eigenvalue weighted by molar-refractivity contribution is 7.12. The first kappa shape index (κ1) is 12.9. The zero-order valence-corrected chi connectivity index (χ0v) is 11.5. The van der Waals surface area contributed by atoms with E-state index in [9.17, 15) is 9.59 Å². The molecule has 1 aliphatic rings. The number of carboxylic acids is 1. The van der Waals surface area contributed by atoms with E-state index in [1.807, 2.05) is 40.5 Å². The van der Waals surface area contributed by atoms with E-state index in [1.54, 1.807) is 0 Å². The van der Waals surface area contributed by atoms with Gasteiger partial charge in [0.2, 0.25) is 0 Å². The van der Waals surface area contributed by atoms with Crippen molar-refractivity contribution < 1.29 is 14.7 Å². The molecule has 1 unspecified atom stereocenters. The highest BCUT2D eigenvalue weighted by Crippen LogP contribution is 2.33. The number of carboxylic acid groups (broad SMARTS) is 1. The second-order valence-corrected chi connectivity index (χ2v) is 5.77. The van der Waals surface area contributed by atoms with Gasteiger partial charge in [-0.25, -0.2) is 4.79 Å². The topological polar surface area (TPSA) is 71.3 Å². The SMILES string of the molecule is O=C(NC(C(=O)O)C1CC1)c1sccc1-n1cccc1. The van der Waals surface area contributed by atoms with Crippen LogP contribution in [0.15, 0.2) is 36.0 Å². The van der Waals surface area contributed by atoms with Crippen LogP contribution in [0.1, 0.15) is 22.5 Å². The maximum absolute atomic E-state index is 12.3. The maximum atomic E-state index is 12.3. The number of carbonyl (C=O) groups is 2. The standard InChI is InChI=1S/C14H14N2O3S/c17-13(15-11(14(18)19)9-3-4-9)12-10(5-8-20-12)16-6-1-2-7-16/h1-2,5-9,11H,3-4H2,(H,15,17)(H,18,19). The van der Waals surface area contributed by atoms with Crippen LogP contribution >= 0.6 is 11.3 Å². The summed E-state index contributed by atoms with van der Waals surface area (Å²) in [6, 6.07) is 4.83. The lowest BCUT2D eigenvalue weighted by molar-refractivity contribution is -0.139. The molecule has 2 aromatic heterocycles. The molecule has 0 bridgehead atoms. The molecular weight excluding hydrogens is 276 g/mol. The second-order valence-electron chi connectivity index (χ2n) is 4.85. The number of aliphatic carboxylic acids is 1. The predicted molar refractivity (Wildman–Crippen MR) is 75.3 cm³/mol. The molecule has 2 N–H and O–H groups in total. The predicted octanol–water partition coefficient (Wildman–Crippen LogP) is 2.13. The molecule has 1 amide bonds. The summed E-state index contributed by atoms with van der Waals surface area (Å²) >= 11 is 1.32. The van der Waals surface area contributed by atoms with Crippen molar-refractivity contribution in [1.29, 1.82) is 0 Å². The number of nitrogens with zero attached hydrogens (tertiary/aromatic N) is 1. The number of carbonyl (C=O) groups excluding carboxylic acids is 1. The van der Waals surface area contributed by atoms with Crippen LogP contribution < -0.4 is 5.32 Å². The number of rotatable bonds is 5. The number of hydrogen-bond donors (Lipinski definition) is 2. The maximum Gasteiger partial charge on any atom is 0.326 e. The Hall–Kier alpha value is -2.08. The molecule has 0 saturated heterocycles. The van der Waals surface area contributed by atoms with Gasteiger partial charge in [0.15, 0.2) is 0 Å². The largest absolute Gasteiger partial charge is 0.480 e. The van der Waals surface area contributed by atoms with Gasteiger partial charge in [-0.3, -0.25) is 4.79 Å². The highest BCUT2D eigenvalue weighted by atomic mass is 32.1. The summed E-state index contributed by atoms with van der Waals surface area (Å²) in [5.74, 6) is -1.20. The van der Waals surface area contributed by atoms with E-state index in [4.69, 9.17) is 5.11 Å². The average Bonchev–Trinajstić information content (AvgIpc) is 2.94. The van der Waals surface area contributed by atoms with E-state index in [0.717, 1.165) is 18.5 Å². The van der Waals surface area contributed by atoms with Gasteiger partial charge in [0.05, 0.1) is 5.69 Å². The van der Waals surface area contributed by atoms with Crippen LogP contribution in [0.4, 0.5) is 0 Å². The molecule has 0 radical (unpaired) electrons. The fourth-order valence-corrected chi connectivity index (χ4v) is 2.98. The smallest absolute Gasteiger partial charge is 0.326 e. The van der Waals surface area contributed by atoms with Gasteiger partial charge in [0.1, 0.15) is 10.9 Å². The number of amides is 1. The Balaban J connectivity index is 1.81. The van der Waals surface area contributed by atoms with Gasteiger partial charge < -0.3 is 15.0 Å². The first-order chi connectivity index (χ1) is 9.66.